The monoisotopic (exact) mass is 209 g/mol. The fourth-order valence-electron chi connectivity index (χ4n) is 0.792. The third-order valence-electron chi connectivity index (χ3n) is 1.33. The Morgan fingerprint density at radius 1 is 1.60 bits per heavy atom. The zero-order chi connectivity index (χ0) is 11.7. The summed E-state index contributed by atoms with van der Waals surface area (Å²) in [6.07, 6.45) is 5.68. The largest absolute Gasteiger partial charge is 0.403 e. The van der Waals surface area contributed by atoms with E-state index in [2.05, 4.69) is 16.9 Å². The number of hydrogen-bond acceptors (Lipinski definition) is 3. The maximum Gasteiger partial charge on any atom is 0.164 e. The lowest BCUT2D eigenvalue weighted by molar-refractivity contribution is 0.624. The Morgan fingerprint density at radius 2 is 2.20 bits per heavy atom. The molecule has 0 atom stereocenters. The first kappa shape index (κ1) is 13.2. The van der Waals surface area contributed by atoms with Crippen LogP contribution >= 0.6 is 0 Å². The van der Waals surface area contributed by atoms with E-state index in [1.165, 1.54) is 18.6 Å². The molecule has 1 aromatic heterocycles. The summed E-state index contributed by atoms with van der Waals surface area (Å²) in [6, 6.07) is 1.61. The Labute approximate surface area is 89.5 Å². The average molecular weight is 209 g/mol. The Bertz CT molecular complexity index is 335. The predicted octanol–water partition coefficient (Wildman–Crippen LogP) is 2.56. The highest BCUT2D eigenvalue weighted by atomic mass is 19.1. The van der Waals surface area contributed by atoms with Crippen LogP contribution in [0.3, 0.4) is 0 Å². The molecule has 15 heavy (non-hydrogen) atoms. The number of anilines is 1. The number of pyridine rings is 1. The van der Waals surface area contributed by atoms with Crippen molar-refractivity contribution in [1.29, 1.82) is 0 Å². The van der Waals surface area contributed by atoms with Crippen molar-refractivity contribution in [3.63, 3.8) is 0 Å². The molecular formula is C11H16FN3. The zero-order valence-corrected chi connectivity index (χ0v) is 9.00. The SMILES string of the molecule is C=CC.Cc1cc(N/C=C/N)c(F)cn1. The maximum atomic E-state index is 12.9. The van der Waals surface area contributed by atoms with E-state index < -0.39 is 5.82 Å². The van der Waals surface area contributed by atoms with Gasteiger partial charge in [0, 0.05) is 18.1 Å². The van der Waals surface area contributed by atoms with E-state index in [1.807, 2.05) is 6.92 Å². The van der Waals surface area contributed by atoms with Gasteiger partial charge in [0.2, 0.25) is 0 Å². The number of aromatic nitrogens is 1. The zero-order valence-electron chi connectivity index (χ0n) is 9.00. The first-order chi connectivity index (χ1) is 7.15. The van der Waals surface area contributed by atoms with E-state index in [0.29, 0.717) is 5.69 Å². The lowest BCUT2D eigenvalue weighted by Crippen LogP contribution is -1.95. The van der Waals surface area contributed by atoms with E-state index in [1.54, 1.807) is 19.1 Å². The number of nitrogens with one attached hydrogen (secondary N) is 1. The molecule has 4 heteroatoms. The number of allylic oxidation sites excluding steroid dienone is 1. The van der Waals surface area contributed by atoms with E-state index in [4.69, 9.17) is 5.73 Å². The van der Waals surface area contributed by atoms with Gasteiger partial charge in [0.15, 0.2) is 5.82 Å². The Balaban J connectivity index is 0.000000583. The molecule has 0 saturated carbocycles. The fraction of sp³-hybridized carbons (Fsp3) is 0.182. The second-order valence-corrected chi connectivity index (χ2v) is 2.72. The molecule has 0 saturated heterocycles. The van der Waals surface area contributed by atoms with Crippen LogP contribution in [0.4, 0.5) is 10.1 Å². The molecule has 0 aromatic carbocycles. The fourth-order valence-corrected chi connectivity index (χ4v) is 0.792. The van der Waals surface area contributed by atoms with Crippen LogP contribution in [-0.4, -0.2) is 4.98 Å². The highest BCUT2D eigenvalue weighted by molar-refractivity contribution is 5.46. The topological polar surface area (TPSA) is 50.9 Å². The van der Waals surface area contributed by atoms with Gasteiger partial charge in [0.1, 0.15) is 0 Å². The molecule has 1 heterocycles. The van der Waals surface area contributed by atoms with Crippen molar-refractivity contribution in [2.45, 2.75) is 13.8 Å². The maximum absolute atomic E-state index is 12.9. The molecule has 0 aliphatic rings. The van der Waals surface area contributed by atoms with Gasteiger partial charge in [-0.3, -0.25) is 4.98 Å². The molecule has 82 valence electrons. The van der Waals surface area contributed by atoms with Crippen molar-refractivity contribution in [1.82, 2.24) is 4.98 Å². The van der Waals surface area contributed by atoms with Crippen molar-refractivity contribution in [3.05, 3.63) is 48.8 Å². The first-order valence-electron chi connectivity index (χ1n) is 4.48. The van der Waals surface area contributed by atoms with Gasteiger partial charge in [-0.25, -0.2) is 4.39 Å². The third-order valence-corrected chi connectivity index (χ3v) is 1.33. The van der Waals surface area contributed by atoms with E-state index in [9.17, 15) is 4.39 Å². The minimum absolute atomic E-state index is 0.379. The van der Waals surface area contributed by atoms with Crippen LogP contribution < -0.4 is 11.1 Å². The molecule has 3 nitrogen and oxygen atoms in total. The lowest BCUT2D eigenvalue weighted by Gasteiger charge is -2.02. The number of nitrogens with two attached hydrogens (primary N) is 1. The number of nitrogens with zero attached hydrogens (tertiary/aromatic N) is 1. The van der Waals surface area contributed by atoms with Crippen LogP contribution in [0.2, 0.25) is 0 Å². The predicted molar refractivity (Wildman–Crippen MR) is 61.8 cm³/mol. The van der Waals surface area contributed by atoms with Crippen LogP contribution in [0.5, 0.6) is 0 Å². The van der Waals surface area contributed by atoms with Crippen molar-refractivity contribution >= 4 is 5.69 Å². The third kappa shape index (κ3) is 5.46. The summed E-state index contributed by atoms with van der Waals surface area (Å²) < 4.78 is 12.9. The van der Waals surface area contributed by atoms with Crippen molar-refractivity contribution in [2.75, 3.05) is 5.32 Å². The lowest BCUT2D eigenvalue weighted by atomic mass is 10.3. The Hall–Kier alpha value is -1.84. The van der Waals surface area contributed by atoms with Gasteiger partial charge < -0.3 is 11.1 Å². The minimum Gasteiger partial charge on any atom is -0.403 e. The molecule has 0 bridgehead atoms. The van der Waals surface area contributed by atoms with Gasteiger partial charge in [-0.05, 0) is 19.9 Å². The van der Waals surface area contributed by atoms with Crippen LogP contribution in [0, 0.1) is 12.7 Å². The molecule has 0 radical (unpaired) electrons. The highest BCUT2D eigenvalue weighted by Gasteiger charge is 1.99. The summed E-state index contributed by atoms with van der Waals surface area (Å²) in [4.78, 5) is 3.78. The molecule has 1 rings (SSSR count). The summed E-state index contributed by atoms with van der Waals surface area (Å²) in [6.45, 7) is 7.04. The summed E-state index contributed by atoms with van der Waals surface area (Å²) >= 11 is 0. The highest BCUT2D eigenvalue weighted by Crippen LogP contribution is 2.12. The minimum atomic E-state index is -0.390. The van der Waals surface area contributed by atoms with Gasteiger partial charge >= 0.3 is 0 Å². The standard InChI is InChI=1S/C8H10FN3.C3H6/c1-6-4-8(11-3-2-10)7(9)5-12-6;1-3-2/h2-5H,10H2,1H3,(H,11,12);3H,1H2,2H3/b3-2+;. The van der Waals surface area contributed by atoms with E-state index in [0.717, 1.165) is 5.69 Å². The molecule has 0 fully saturated rings. The van der Waals surface area contributed by atoms with Crippen LogP contribution in [0.25, 0.3) is 0 Å². The quantitative estimate of drug-likeness (QED) is 0.736. The van der Waals surface area contributed by atoms with Gasteiger partial charge in [-0.15, -0.1) is 6.58 Å². The molecule has 0 aliphatic carbocycles. The number of halogens is 1. The van der Waals surface area contributed by atoms with Gasteiger partial charge in [0.05, 0.1) is 11.9 Å². The van der Waals surface area contributed by atoms with Gasteiger partial charge in [0.25, 0.3) is 0 Å². The van der Waals surface area contributed by atoms with Crippen LogP contribution in [-0.2, 0) is 0 Å². The average Bonchev–Trinajstić information content (AvgIpc) is 2.21. The Morgan fingerprint density at radius 3 is 2.73 bits per heavy atom. The summed E-state index contributed by atoms with van der Waals surface area (Å²) in [5.74, 6) is -0.390. The van der Waals surface area contributed by atoms with Gasteiger partial charge in [-0.1, -0.05) is 6.08 Å². The van der Waals surface area contributed by atoms with Gasteiger partial charge in [-0.2, -0.15) is 0 Å². The molecule has 0 spiro atoms. The second-order valence-electron chi connectivity index (χ2n) is 2.72. The molecule has 0 aliphatic heterocycles. The summed E-state index contributed by atoms with van der Waals surface area (Å²) in [5, 5.41) is 2.68. The van der Waals surface area contributed by atoms with Crippen molar-refractivity contribution < 1.29 is 4.39 Å². The first-order valence-corrected chi connectivity index (χ1v) is 4.48. The molecule has 1 aromatic rings. The van der Waals surface area contributed by atoms with Crippen molar-refractivity contribution in [3.8, 4) is 0 Å². The van der Waals surface area contributed by atoms with E-state index in [-0.39, 0.29) is 0 Å². The normalized spacial score (nSPS) is 9.27. The molecule has 0 unspecified atom stereocenters. The van der Waals surface area contributed by atoms with Crippen LogP contribution in [0.1, 0.15) is 12.6 Å². The molecule has 3 N–H and O–H groups in total. The van der Waals surface area contributed by atoms with E-state index >= 15 is 0 Å². The van der Waals surface area contributed by atoms with Crippen molar-refractivity contribution in [2.24, 2.45) is 5.73 Å². The number of aryl methyl sites for hydroxylation is 1. The van der Waals surface area contributed by atoms with Crippen LogP contribution in [0.15, 0.2) is 37.3 Å². The summed E-state index contributed by atoms with van der Waals surface area (Å²) in [5.41, 5.74) is 6.22. The molecule has 0 amide bonds. The molecular weight excluding hydrogens is 193 g/mol. The second kappa shape index (κ2) is 7.55. The number of rotatable bonds is 2. The smallest absolute Gasteiger partial charge is 0.164 e. The Kier molecular flexibility index (Phi) is 6.63. The number of hydrogen-bond donors (Lipinski definition) is 2. The summed E-state index contributed by atoms with van der Waals surface area (Å²) in [7, 11) is 0.